The molecular formula is C11H16Cl3NO2. The van der Waals surface area contributed by atoms with Gasteiger partial charge in [0.25, 0.3) is 0 Å². The van der Waals surface area contributed by atoms with Crippen LogP contribution in [0.3, 0.4) is 0 Å². The van der Waals surface area contributed by atoms with Gasteiger partial charge in [-0.15, -0.1) is 12.4 Å². The van der Waals surface area contributed by atoms with E-state index in [-0.39, 0.29) is 35.0 Å². The zero-order valence-corrected chi connectivity index (χ0v) is 12.0. The van der Waals surface area contributed by atoms with Crippen LogP contribution >= 0.6 is 35.6 Å². The number of phenolic OH excluding ortho intramolecular Hbond substituents is 1. The Morgan fingerprint density at radius 2 is 2.06 bits per heavy atom. The standard InChI is InChI=1S/C11H15Cl2NO2.ClH/c1-3-6(14)4-7-8(12)5-9(16-2)11(15)10(7)13;/h5-6,15H,3-4,14H2,1-2H3;1H. The van der Waals surface area contributed by atoms with E-state index in [4.69, 9.17) is 33.7 Å². The number of halogens is 3. The molecule has 1 aromatic rings. The van der Waals surface area contributed by atoms with Crippen molar-refractivity contribution in [2.24, 2.45) is 5.73 Å². The molecule has 1 atom stereocenters. The van der Waals surface area contributed by atoms with Crippen LogP contribution in [0.25, 0.3) is 0 Å². The van der Waals surface area contributed by atoms with Crippen molar-refractivity contribution in [2.75, 3.05) is 7.11 Å². The zero-order valence-electron chi connectivity index (χ0n) is 9.67. The highest BCUT2D eigenvalue weighted by atomic mass is 35.5. The lowest BCUT2D eigenvalue weighted by molar-refractivity contribution is 0.373. The lowest BCUT2D eigenvalue weighted by atomic mass is 10.0. The van der Waals surface area contributed by atoms with Crippen molar-refractivity contribution in [3.05, 3.63) is 21.7 Å². The molecule has 0 heterocycles. The minimum absolute atomic E-state index is 0. The summed E-state index contributed by atoms with van der Waals surface area (Å²) in [6, 6.07) is 1.52. The van der Waals surface area contributed by atoms with Crippen molar-refractivity contribution in [1.82, 2.24) is 0 Å². The molecule has 0 saturated heterocycles. The summed E-state index contributed by atoms with van der Waals surface area (Å²) in [7, 11) is 1.44. The number of hydrogen-bond acceptors (Lipinski definition) is 3. The topological polar surface area (TPSA) is 55.5 Å². The fourth-order valence-electron chi connectivity index (χ4n) is 1.38. The van der Waals surface area contributed by atoms with Crippen molar-refractivity contribution in [3.8, 4) is 11.5 Å². The maximum Gasteiger partial charge on any atom is 0.177 e. The fourth-order valence-corrected chi connectivity index (χ4v) is 1.97. The summed E-state index contributed by atoms with van der Waals surface area (Å²) in [5.74, 6) is 0.177. The largest absolute Gasteiger partial charge is 0.503 e. The van der Waals surface area contributed by atoms with Crippen LogP contribution in [-0.2, 0) is 6.42 Å². The number of methoxy groups -OCH3 is 1. The Labute approximate surface area is 117 Å². The number of benzene rings is 1. The van der Waals surface area contributed by atoms with E-state index in [1.54, 1.807) is 6.07 Å². The third-order valence-corrected chi connectivity index (χ3v) is 3.21. The summed E-state index contributed by atoms with van der Waals surface area (Å²) in [5, 5.41) is 10.4. The van der Waals surface area contributed by atoms with Gasteiger partial charge < -0.3 is 15.6 Å². The molecule has 17 heavy (non-hydrogen) atoms. The predicted molar refractivity (Wildman–Crippen MR) is 73.9 cm³/mol. The quantitative estimate of drug-likeness (QED) is 0.896. The molecule has 3 nitrogen and oxygen atoms in total. The van der Waals surface area contributed by atoms with Crippen LogP contribution in [0, 0.1) is 0 Å². The van der Waals surface area contributed by atoms with Crippen LogP contribution in [0.5, 0.6) is 11.5 Å². The van der Waals surface area contributed by atoms with Gasteiger partial charge in [0.1, 0.15) is 0 Å². The van der Waals surface area contributed by atoms with Crippen LogP contribution in [0.4, 0.5) is 0 Å². The van der Waals surface area contributed by atoms with Gasteiger partial charge in [-0.2, -0.15) is 0 Å². The Bertz CT molecular complexity index is 385. The molecule has 0 bridgehead atoms. The van der Waals surface area contributed by atoms with E-state index in [0.717, 1.165) is 6.42 Å². The maximum atomic E-state index is 9.73. The second-order valence-corrected chi connectivity index (χ2v) is 4.36. The SMILES string of the molecule is CCC(N)Cc1c(Cl)cc(OC)c(O)c1Cl.Cl. The predicted octanol–water partition coefficient (Wildman–Crippen LogP) is 3.41. The van der Waals surface area contributed by atoms with E-state index in [9.17, 15) is 5.11 Å². The lowest BCUT2D eigenvalue weighted by Gasteiger charge is -2.14. The second-order valence-electron chi connectivity index (χ2n) is 3.57. The Kier molecular flexibility index (Phi) is 7.02. The van der Waals surface area contributed by atoms with Crippen LogP contribution in [0.1, 0.15) is 18.9 Å². The van der Waals surface area contributed by atoms with E-state index in [2.05, 4.69) is 0 Å². The summed E-state index contributed by atoms with van der Waals surface area (Å²) in [6.07, 6.45) is 1.35. The zero-order chi connectivity index (χ0) is 12.3. The number of phenols is 1. The molecule has 0 spiro atoms. The van der Waals surface area contributed by atoms with Crippen LogP contribution < -0.4 is 10.5 Å². The summed E-state index contributed by atoms with van der Waals surface area (Å²) in [6.45, 7) is 1.98. The number of nitrogens with two attached hydrogens (primary N) is 1. The van der Waals surface area contributed by atoms with Crippen LogP contribution in [0.15, 0.2) is 6.07 Å². The molecular weight excluding hydrogens is 284 g/mol. The molecule has 0 aliphatic heterocycles. The molecule has 1 aromatic carbocycles. The van der Waals surface area contributed by atoms with E-state index in [0.29, 0.717) is 17.0 Å². The van der Waals surface area contributed by atoms with Crippen molar-refractivity contribution in [3.63, 3.8) is 0 Å². The van der Waals surface area contributed by atoms with Gasteiger partial charge in [0.15, 0.2) is 11.5 Å². The average Bonchev–Trinajstić information content (AvgIpc) is 2.28. The molecule has 0 fully saturated rings. The van der Waals surface area contributed by atoms with Gasteiger partial charge in [0.2, 0.25) is 0 Å². The third kappa shape index (κ3) is 3.81. The van der Waals surface area contributed by atoms with Gasteiger partial charge in [0.05, 0.1) is 12.1 Å². The molecule has 98 valence electrons. The summed E-state index contributed by atoms with van der Waals surface area (Å²) in [4.78, 5) is 0. The molecule has 1 rings (SSSR count). The highest BCUT2D eigenvalue weighted by Crippen LogP contribution is 2.41. The molecule has 0 aromatic heterocycles. The first-order valence-electron chi connectivity index (χ1n) is 5.00. The summed E-state index contributed by atoms with van der Waals surface area (Å²) in [5.41, 5.74) is 6.50. The van der Waals surface area contributed by atoms with Gasteiger partial charge in [-0.05, 0) is 18.4 Å². The van der Waals surface area contributed by atoms with Crippen LogP contribution in [0.2, 0.25) is 10.0 Å². The molecule has 0 saturated carbocycles. The highest BCUT2D eigenvalue weighted by molar-refractivity contribution is 6.37. The molecule has 3 N–H and O–H groups in total. The van der Waals surface area contributed by atoms with Gasteiger partial charge in [-0.1, -0.05) is 30.1 Å². The normalized spacial score (nSPS) is 11.8. The smallest absolute Gasteiger partial charge is 0.177 e. The van der Waals surface area contributed by atoms with E-state index in [1.807, 2.05) is 6.92 Å². The number of hydrogen-bond donors (Lipinski definition) is 2. The van der Waals surface area contributed by atoms with E-state index in [1.165, 1.54) is 7.11 Å². The molecule has 6 heteroatoms. The number of ether oxygens (including phenoxy) is 1. The first-order chi connectivity index (χ1) is 7.51. The molecule has 0 radical (unpaired) electrons. The van der Waals surface area contributed by atoms with Gasteiger partial charge in [-0.3, -0.25) is 0 Å². The highest BCUT2D eigenvalue weighted by Gasteiger charge is 2.17. The minimum Gasteiger partial charge on any atom is -0.503 e. The average molecular weight is 301 g/mol. The third-order valence-electron chi connectivity index (χ3n) is 2.46. The first kappa shape index (κ1) is 16.6. The van der Waals surface area contributed by atoms with Crippen molar-refractivity contribution in [1.29, 1.82) is 0 Å². The van der Waals surface area contributed by atoms with Crippen LogP contribution in [-0.4, -0.2) is 18.3 Å². The van der Waals surface area contributed by atoms with E-state index >= 15 is 0 Å². The van der Waals surface area contributed by atoms with Crippen molar-refractivity contribution < 1.29 is 9.84 Å². The Hall–Kier alpha value is -0.350. The summed E-state index contributed by atoms with van der Waals surface area (Å²) < 4.78 is 4.94. The fraction of sp³-hybridized carbons (Fsp3) is 0.455. The molecule has 0 aliphatic rings. The first-order valence-corrected chi connectivity index (χ1v) is 5.76. The maximum absolute atomic E-state index is 9.73. The number of rotatable bonds is 4. The molecule has 1 unspecified atom stereocenters. The Balaban J connectivity index is 0.00000256. The summed E-state index contributed by atoms with van der Waals surface area (Å²) >= 11 is 12.1. The number of aromatic hydroxyl groups is 1. The van der Waals surface area contributed by atoms with Gasteiger partial charge in [0, 0.05) is 17.1 Å². The van der Waals surface area contributed by atoms with Crippen molar-refractivity contribution >= 4 is 35.6 Å². The monoisotopic (exact) mass is 299 g/mol. The minimum atomic E-state index is -0.0909. The Morgan fingerprint density at radius 1 is 1.47 bits per heavy atom. The molecule has 0 amide bonds. The van der Waals surface area contributed by atoms with Gasteiger partial charge >= 0.3 is 0 Å². The molecule has 0 aliphatic carbocycles. The van der Waals surface area contributed by atoms with Gasteiger partial charge in [-0.25, -0.2) is 0 Å². The lowest BCUT2D eigenvalue weighted by Crippen LogP contribution is -2.21. The second kappa shape index (κ2) is 7.17. The Morgan fingerprint density at radius 3 is 2.53 bits per heavy atom. The van der Waals surface area contributed by atoms with E-state index < -0.39 is 0 Å². The van der Waals surface area contributed by atoms with Crippen molar-refractivity contribution in [2.45, 2.75) is 25.8 Å².